The predicted molar refractivity (Wildman–Crippen MR) is 108 cm³/mol. The number of anilines is 1. The fourth-order valence-electron chi connectivity index (χ4n) is 3.12. The van der Waals surface area contributed by atoms with Crippen LogP contribution in [0.1, 0.15) is 18.4 Å². The Hall–Kier alpha value is -2.08. The van der Waals surface area contributed by atoms with Gasteiger partial charge in [-0.05, 0) is 30.5 Å². The maximum absolute atomic E-state index is 12.2. The first kappa shape index (κ1) is 19.7. The van der Waals surface area contributed by atoms with E-state index in [1.165, 1.54) is 5.56 Å². The highest BCUT2D eigenvalue weighted by Crippen LogP contribution is 2.29. The van der Waals surface area contributed by atoms with Gasteiger partial charge in [0.25, 0.3) is 0 Å². The summed E-state index contributed by atoms with van der Waals surface area (Å²) in [7, 11) is 0. The fourth-order valence-corrected chi connectivity index (χ4v) is 3.61. The van der Waals surface area contributed by atoms with Crippen LogP contribution in [0.2, 0.25) is 10.0 Å². The quantitative estimate of drug-likeness (QED) is 0.761. The van der Waals surface area contributed by atoms with Crippen molar-refractivity contribution in [1.82, 2.24) is 10.2 Å². The summed E-state index contributed by atoms with van der Waals surface area (Å²) in [6.45, 7) is 2.64. The number of halogens is 2. The van der Waals surface area contributed by atoms with E-state index in [0.717, 1.165) is 32.5 Å². The summed E-state index contributed by atoms with van der Waals surface area (Å²) < 4.78 is 0. The van der Waals surface area contributed by atoms with Crippen molar-refractivity contribution < 1.29 is 9.59 Å². The minimum Gasteiger partial charge on any atom is -0.345 e. The summed E-state index contributed by atoms with van der Waals surface area (Å²) in [4.78, 5) is 26.7. The predicted octanol–water partition coefficient (Wildman–Crippen LogP) is 3.71. The van der Waals surface area contributed by atoms with Gasteiger partial charge in [0.15, 0.2) is 0 Å². The Kier molecular flexibility index (Phi) is 6.72. The number of amides is 2. The normalized spacial score (nSPS) is 15.3. The van der Waals surface area contributed by atoms with Gasteiger partial charge >= 0.3 is 11.8 Å². The van der Waals surface area contributed by atoms with Crippen molar-refractivity contribution in [3.05, 3.63) is 64.1 Å². The lowest BCUT2D eigenvalue weighted by atomic mass is 10.0. The molecule has 0 atom stereocenters. The molecule has 1 aliphatic rings. The van der Waals surface area contributed by atoms with Crippen LogP contribution in [0.15, 0.2) is 48.5 Å². The highest BCUT2D eigenvalue weighted by Gasteiger charge is 2.24. The number of para-hydroxylation sites is 1. The van der Waals surface area contributed by atoms with E-state index in [9.17, 15) is 9.59 Å². The number of carbonyl (C=O) groups excluding carboxylic acids is 2. The molecule has 0 bridgehead atoms. The summed E-state index contributed by atoms with van der Waals surface area (Å²) >= 11 is 12.0. The van der Waals surface area contributed by atoms with Crippen LogP contribution >= 0.6 is 23.2 Å². The molecule has 1 aliphatic heterocycles. The number of rotatable bonds is 4. The molecular formula is C20H21Cl2N3O2. The molecule has 2 aromatic rings. The molecule has 1 saturated heterocycles. The third kappa shape index (κ3) is 5.45. The van der Waals surface area contributed by atoms with Crippen molar-refractivity contribution in [2.24, 2.45) is 0 Å². The molecule has 0 aromatic heterocycles. The molecular weight excluding hydrogens is 385 g/mol. The van der Waals surface area contributed by atoms with E-state index < -0.39 is 11.8 Å². The first-order valence-corrected chi connectivity index (χ1v) is 9.60. The summed E-state index contributed by atoms with van der Waals surface area (Å²) in [6.07, 6.45) is 1.61. The van der Waals surface area contributed by atoms with Crippen molar-refractivity contribution >= 4 is 40.7 Å². The Morgan fingerprint density at radius 1 is 0.926 bits per heavy atom. The van der Waals surface area contributed by atoms with Crippen LogP contribution in [0.4, 0.5) is 5.69 Å². The largest absolute Gasteiger partial charge is 0.345 e. The van der Waals surface area contributed by atoms with E-state index in [4.69, 9.17) is 23.2 Å². The van der Waals surface area contributed by atoms with E-state index in [1.54, 1.807) is 18.2 Å². The number of likely N-dealkylation sites (tertiary alicyclic amines) is 1. The summed E-state index contributed by atoms with van der Waals surface area (Å²) in [5.41, 5.74) is 1.52. The zero-order valence-corrected chi connectivity index (χ0v) is 16.3. The minimum atomic E-state index is -0.767. The second-order valence-electron chi connectivity index (χ2n) is 6.56. The van der Waals surface area contributed by atoms with Crippen molar-refractivity contribution in [3.63, 3.8) is 0 Å². The SMILES string of the molecule is O=C(Nc1c(Cl)cccc1Cl)C(=O)NC1CCN(Cc2ccccc2)CC1. The lowest BCUT2D eigenvalue weighted by Gasteiger charge is -2.32. The first-order chi connectivity index (χ1) is 13.0. The molecule has 2 amide bonds. The summed E-state index contributed by atoms with van der Waals surface area (Å²) in [5, 5.41) is 5.86. The van der Waals surface area contributed by atoms with Gasteiger partial charge in [0, 0.05) is 25.7 Å². The Labute approximate surface area is 168 Å². The monoisotopic (exact) mass is 405 g/mol. The first-order valence-electron chi connectivity index (χ1n) is 8.85. The number of carbonyl (C=O) groups is 2. The second kappa shape index (κ2) is 9.22. The molecule has 3 rings (SSSR count). The van der Waals surface area contributed by atoms with Crippen molar-refractivity contribution in [3.8, 4) is 0 Å². The van der Waals surface area contributed by atoms with Crippen LogP contribution in [-0.4, -0.2) is 35.8 Å². The van der Waals surface area contributed by atoms with Crippen LogP contribution in [0.25, 0.3) is 0 Å². The molecule has 5 nitrogen and oxygen atoms in total. The molecule has 142 valence electrons. The third-order valence-electron chi connectivity index (χ3n) is 4.58. The van der Waals surface area contributed by atoms with E-state index in [-0.39, 0.29) is 21.8 Å². The number of benzene rings is 2. The van der Waals surface area contributed by atoms with Gasteiger partial charge in [0.05, 0.1) is 15.7 Å². The number of hydrogen-bond acceptors (Lipinski definition) is 3. The Bertz CT molecular complexity index is 786. The standard InChI is InChI=1S/C20H21Cl2N3O2/c21-16-7-4-8-17(22)18(16)24-20(27)19(26)23-15-9-11-25(12-10-15)13-14-5-2-1-3-6-14/h1-8,15H,9-13H2,(H,23,26)(H,24,27). The Morgan fingerprint density at radius 2 is 1.56 bits per heavy atom. The van der Waals surface area contributed by atoms with Gasteiger partial charge in [-0.2, -0.15) is 0 Å². The summed E-state index contributed by atoms with van der Waals surface area (Å²) in [6, 6.07) is 15.1. The minimum absolute atomic E-state index is 0.0167. The third-order valence-corrected chi connectivity index (χ3v) is 5.21. The molecule has 0 saturated carbocycles. The molecule has 1 heterocycles. The topological polar surface area (TPSA) is 61.4 Å². The number of hydrogen-bond donors (Lipinski definition) is 2. The zero-order chi connectivity index (χ0) is 19.2. The number of nitrogens with zero attached hydrogens (tertiary/aromatic N) is 1. The molecule has 27 heavy (non-hydrogen) atoms. The fraction of sp³-hybridized carbons (Fsp3) is 0.300. The van der Waals surface area contributed by atoms with Gasteiger partial charge in [-0.3, -0.25) is 14.5 Å². The number of nitrogens with one attached hydrogen (secondary N) is 2. The van der Waals surface area contributed by atoms with Gasteiger partial charge in [-0.15, -0.1) is 0 Å². The van der Waals surface area contributed by atoms with Crippen molar-refractivity contribution in [2.75, 3.05) is 18.4 Å². The molecule has 7 heteroatoms. The molecule has 0 aliphatic carbocycles. The van der Waals surface area contributed by atoms with Gasteiger partial charge in [0.2, 0.25) is 0 Å². The highest BCUT2D eigenvalue weighted by atomic mass is 35.5. The molecule has 0 unspecified atom stereocenters. The van der Waals surface area contributed by atoms with E-state index in [2.05, 4.69) is 27.7 Å². The van der Waals surface area contributed by atoms with Crippen molar-refractivity contribution in [1.29, 1.82) is 0 Å². The molecule has 0 spiro atoms. The van der Waals surface area contributed by atoms with E-state index >= 15 is 0 Å². The van der Waals surface area contributed by atoms with Gasteiger partial charge in [0.1, 0.15) is 0 Å². The van der Waals surface area contributed by atoms with Gasteiger partial charge in [-0.1, -0.05) is 59.6 Å². The Morgan fingerprint density at radius 3 is 2.19 bits per heavy atom. The van der Waals surface area contributed by atoms with E-state index in [1.807, 2.05) is 18.2 Å². The van der Waals surface area contributed by atoms with Crippen LogP contribution in [0, 0.1) is 0 Å². The Balaban J connectivity index is 1.47. The van der Waals surface area contributed by atoms with Gasteiger partial charge < -0.3 is 10.6 Å². The maximum atomic E-state index is 12.2. The molecule has 2 aromatic carbocycles. The maximum Gasteiger partial charge on any atom is 0.313 e. The van der Waals surface area contributed by atoms with Crippen LogP contribution in [-0.2, 0) is 16.1 Å². The van der Waals surface area contributed by atoms with Gasteiger partial charge in [-0.25, -0.2) is 0 Å². The number of piperidine rings is 1. The van der Waals surface area contributed by atoms with Crippen LogP contribution in [0.3, 0.4) is 0 Å². The highest BCUT2D eigenvalue weighted by molar-refractivity contribution is 6.44. The summed E-state index contributed by atoms with van der Waals surface area (Å²) in [5.74, 6) is -1.44. The van der Waals surface area contributed by atoms with Crippen LogP contribution in [0.5, 0.6) is 0 Å². The lowest BCUT2D eigenvalue weighted by molar-refractivity contribution is -0.136. The molecule has 1 fully saturated rings. The van der Waals surface area contributed by atoms with Crippen molar-refractivity contribution in [2.45, 2.75) is 25.4 Å². The lowest BCUT2D eigenvalue weighted by Crippen LogP contribution is -2.47. The average Bonchev–Trinajstić information content (AvgIpc) is 2.67. The molecule has 0 radical (unpaired) electrons. The average molecular weight is 406 g/mol. The smallest absolute Gasteiger partial charge is 0.313 e. The zero-order valence-electron chi connectivity index (χ0n) is 14.8. The van der Waals surface area contributed by atoms with E-state index in [0.29, 0.717) is 0 Å². The molecule has 2 N–H and O–H groups in total. The van der Waals surface area contributed by atoms with Crippen LogP contribution < -0.4 is 10.6 Å². The second-order valence-corrected chi connectivity index (χ2v) is 7.37.